The number of esters is 1. The quantitative estimate of drug-likeness (QED) is 0.680. The fourth-order valence-corrected chi connectivity index (χ4v) is 0.866. The highest BCUT2D eigenvalue weighted by Crippen LogP contribution is 1.99. The molecule has 1 aromatic rings. The topological polar surface area (TPSA) is 94.3 Å². The van der Waals surface area contributed by atoms with E-state index >= 15 is 0 Å². The van der Waals surface area contributed by atoms with Crippen molar-refractivity contribution in [3.05, 3.63) is 11.7 Å². The van der Waals surface area contributed by atoms with Gasteiger partial charge in [-0.3, -0.25) is 9.59 Å². The van der Waals surface area contributed by atoms with Crippen LogP contribution in [0.3, 0.4) is 0 Å². The van der Waals surface area contributed by atoms with Gasteiger partial charge in [0, 0.05) is 7.05 Å². The fraction of sp³-hybridized carbons (Fsp3) is 0.500. The number of nitrogens with one attached hydrogen (secondary N) is 1. The second-order valence-electron chi connectivity index (χ2n) is 2.57. The molecule has 1 heterocycles. The first-order valence-electron chi connectivity index (χ1n) is 4.37. The highest BCUT2D eigenvalue weighted by molar-refractivity contribution is 5.90. The van der Waals surface area contributed by atoms with Gasteiger partial charge >= 0.3 is 5.97 Å². The van der Waals surface area contributed by atoms with Crippen molar-refractivity contribution in [2.45, 2.75) is 13.3 Å². The standard InChI is InChI=1S/C8H11N3O4/c1-3-14-6(12)4-5-10-7(11-15-5)8(13)9-2/h3-4H2,1-2H3,(H,9,13). The highest BCUT2D eigenvalue weighted by Gasteiger charge is 2.15. The third-order valence-corrected chi connectivity index (χ3v) is 1.50. The number of hydrogen-bond acceptors (Lipinski definition) is 6. The lowest BCUT2D eigenvalue weighted by Gasteiger charge is -1.96. The molecular formula is C8H11N3O4. The van der Waals surface area contributed by atoms with E-state index in [1.54, 1.807) is 6.92 Å². The molecule has 0 unspecified atom stereocenters. The monoisotopic (exact) mass is 213 g/mol. The molecule has 1 rings (SSSR count). The van der Waals surface area contributed by atoms with Crippen molar-refractivity contribution in [1.82, 2.24) is 15.5 Å². The van der Waals surface area contributed by atoms with Crippen LogP contribution in [0.25, 0.3) is 0 Å². The Balaban J connectivity index is 2.60. The van der Waals surface area contributed by atoms with Gasteiger partial charge in [0.05, 0.1) is 6.61 Å². The first-order chi connectivity index (χ1) is 7.17. The Labute approximate surface area is 85.8 Å². The summed E-state index contributed by atoms with van der Waals surface area (Å²) in [5, 5.41) is 5.73. The molecule has 0 fully saturated rings. The normalized spacial score (nSPS) is 9.73. The number of aromatic nitrogens is 2. The van der Waals surface area contributed by atoms with Gasteiger partial charge in [-0.2, -0.15) is 4.98 Å². The summed E-state index contributed by atoms with van der Waals surface area (Å²) in [6.07, 6.45) is -0.127. The third-order valence-electron chi connectivity index (χ3n) is 1.50. The zero-order valence-corrected chi connectivity index (χ0v) is 8.44. The zero-order chi connectivity index (χ0) is 11.3. The van der Waals surface area contributed by atoms with Crippen molar-refractivity contribution in [3.8, 4) is 0 Å². The van der Waals surface area contributed by atoms with E-state index in [0.29, 0.717) is 0 Å². The minimum Gasteiger partial charge on any atom is -0.466 e. The van der Waals surface area contributed by atoms with E-state index in [1.807, 2.05) is 0 Å². The smallest absolute Gasteiger partial charge is 0.315 e. The second-order valence-corrected chi connectivity index (χ2v) is 2.57. The number of nitrogens with zero attached hydrogens (tertiary/aromatic N) is 2. The molecule has 0 bridgehead atoms. The van der Waals surface area contributed by atoms with Crippen molar-refractivity contribution in [3.63, 3.8) is 0 Å². The fourth-order valence-electron chi connectivity index (χ4n) is 0.866. The predicted octanol–water partition coefficient (Wildman–Crippen LogP) is -0.465. The van der Waals surface area contributed by atoms with Gasteiger partial charge in [0.25, 0.3) is 11.7 Å². The van der Waals surface area contributed by atoms with Crippen LogP contribution in [0, 0.1) is 0 Å². The Kier molecular flexibility index (Phi) is 3.78. The van der Waals surface area contributed by atoms with Gasteiger partial charge in [0.2, 0.25) is 5.89 Å². The molecule has 0 aromatic carbocycles. The third kappa shape index (κ3) is 3.04. The SMILES string of the molecule is CCOC(=O)Cc1nc(C(=O)NC)no1. The van der Waals surface area contributed by atoms with Gasteiger partial charge in [-0.25, -0.2) is 0 Å². The van der Waals surface area contributed by atoms with Gasteiger partial charge in [-0.1, -0.05) is 5.16 Å². The summed E-state index contributed by atoms with van der Waals surface area (Å²) < 4.78 is 9.36. The van der Waals surface area contributed by atoms with E-state index in [0.717, 1.165) is 0 Å². The molecule has 0 aliphatic rings. The number of hydrogen-bond donors (Lipinski definition) is 1. The number of carbonyl (C=O) groups is 2. The molecule has 0 radical (unpaired) electrons. The Morgan fingerprint density at radius 2 is 2.27 bits per heavy atom. The average molecular weight is 213 g/mol. The minimum absolute atomic E-state index is 0.0621. The molecule has 0 saturated carbocycles. The summed E-state index contributed by atoms with van der Waals surface area (Å²) in [5.74, 6) is -0.970. The highest BCUT2D eigenvalue weighted by atomic mass is 16.5. The molecular weight excluding hydrogens is 202 g/mol. The number of carbonyl (C=O) groups excluding carboxylic acids is 2. The van der Waals surface area contributed by atoms with Gasteiger partial charge in [0.1, 0.15) is 6.42 Å². The van der Waals surface area contributed by atoms with Gasteiger partial charge in [0.15, 0.2) is 0 Å². The molecule has 1 amide bonds. The van der Waals surface area contributed by atoms with E-state index in [1.165, 1.54) is 7.05 Å². The molecule has 0 atom stereocenters. The molecule has 82 valence electrons. The Morgan fingerprint density at radius 1 is 1.53 bits per heavy atom. The van der Waals surface area contributed by atoms with E-state index in [-0.39, 0.29) is 24.7 Å². The van der Waals surface area contributed by atoms with Crippen molar-refractivity contribution >= 4 is 11.9 Å². The second kappa shape index (κ2) is 5.08. The summed E-state index contributed by atoms with van der Waals surface area (Å²) in [6, 6.07) is 0. The van der Waals surface area contributed by atoms with E-state index in [2.05, 4.69) is 24.7 Å². The van der Waals surface area contributed by atoms with Crippen LogP contribution in [-0.2, 0) is 16.0 Å². The van der Waals surface area contributed by atoms with Crippen LogP contribution < -0.4 is 5.32 Å². The molecule has 0 saturated heterocycles. The van der Waals surface area contributed by atoms with Gasteiger partial charge in [-0.05, 0) is 6.92 Å². The molecule has 1 aromatic heterocycles. The first kappa shape index (κ1) is 11.2. The molecule has 1 N–H and O–H groups in total. The maximum absolute atomic E-state index is 11.0. The van der Waals surface area contributed by atoms with E-state index in [4.69, 9.17) is 0 Å². The van der Waals surface area contributed by atoms with Crippen molar-refractivity contribution in [2.24, 2.45) is 0 Å². The molecule has 0 spiro atoms. The first-order valence-corrected chi connectivity index (χ1v) is 4.37. The molecule has 15 heavy (non-hydrogen) atoms. The summed E-state index contributed by atoms with van der Waals surface area (Å²) in [6.45, 7) is 1.98. The van der Waals surface area contributed by atoms with E-state index in [9.17, 15) is 9.59 Å². The maximum Gasteiger partial charge on any atom is 0.315 e. The van der Waals surface area contributed by atoms with Gasteiger partial charge < -0.3 is 14.6 Å². The summed E-state index contributed by atoms with van der Waals surface area (Å²) in [4.78, 5) is 25.7. The van der Waals surface area contributed by atoms with Crippen LogP contribution in [0.15, 0.2) is 4.52 Å². The Hall–Kier alpha value is -1.92. The zero-order valence-electron chi connectivity index (χ0n) is 8.44. The predicted molar refractivity (Wildman–Crippen MR) is 48.0 cm³/mol. The lowest BCUT2D eigenvalue weighted by Crippen LogP contribution is -2.19. The lowest BCUT2D eigenvalue weighted by molar-refractivity contribution is -0.142. The number of ether oxygens (including phenoxy) is 1. The lowest BCUT2D eigenvalue weighted by atomic mass is 10.4. The molecule has 0 aliphatic heterocycles. The maximum atomic E-state index is 11.0. The van der Waals surface area contributed by atoms with Crippen LogP contribution in [-0.4, -0.2) is 35.7 Å². The summed E-state index contributed by atoms with van der Waals surface area (Å²) in [7, 11) is 1.45. The molecule has 0 aliphatic carbocycles. The summed E-state index contributed by atoms with van der Waals surface area (Å²) >= 11 is 0. The van der Waals surface area contributed by atoms with Crippen LogP contribution in [0.2, 0.25) is 0 Å². The largest absolute Gasteiger partial charge is 0.466 e. The van der Waals surface area contributed by atoms with Crippen molar-refractivity contribution in [1.29, 1.82) is 0 Å². The average Bonchev–Trinajstić information content (AvgIpc) is 2.65. The van der Waals surface area contributed by atoms with Crippen molar-refractivity contribution in [2.75, 3.05) is 13.7 Å². The molecule has 7 heteroatoms. The van der Waals surface area contributed by atoms with E-state index < -0.39 is 11.9 Å². The van der Waals surface area contributed by atoms with Crippen LogP contribution in [0.1, 0.15) is 23.4 Å². The van der Waals surface area contributed by atoms with Crippen LogP contribution >= 0.6 is 0 Å². The Morgan fingerprint density at radius 3 is 2.87 bits per heavy atom. The van der Waals surface area contributed by atoms with Crippen LogP contribution in [0.5, 0.6) is 0 Å². The van der Waals surface area contributed by atoms with Crippen molar-refractivity contribution < 1.29 is 18.8 Å². The minimum atomic E-state index is -0.468. The van der Waals surface area contributed by atoms with Gasteiger partial charge in [-0.15, -0.1) is 0 Å². The number of amides is 1. The van der Waals surface area contributed by atoms with Crippen LogP contribution in [0.4, 0.5) is 0 Å². The molecule has 7 nitrogen and oxygen atoms in total. The summed E-state index contributed by atoms with van der Waals surface area (Å²) in [5.41, 5.74) is 0. The Bertz CT molecular complexity index is 361. The number of rotatable bonds is 4.